The molecule has 116 valence electrons. The quantitative estimate of drug-likeness (QED) is 0.705. The molecule has 1 fully saturated rings. The molecule has 1 aliphatic rings. The van der Waals surface area contributed by atoms with E-state index in [1.807, 2.05) is 18.2 Å². The van der Waals surface area contributed by atoms with Gasteiger partial charge in [0.2, 0.25) is 5.91 Å². The van der Waals surface area contributed by atoms with Crippen molar-refractivity contribution in [3.05, 3.63) is 33.8 Å². The summed E-state index contributed by atoms with van der Waals surface area (Å²) in [6.45, 7) is 2.94. The van der Waals surface area contributed by atoms with E-state index in [0.717, 1.165) is 37.8 Å². The highest BCUT2D eigenvalue weighted by Gasteiger charge is 2.22. The van der Waals surface area contributed by atoms with Gasteiger partial charge in [0.25, 0.3) is 0 Å². The summed E-state index contributed by atoms with van der Waals surface area (Å²) < 4.78 is 0. The minimum absolute atomic E-state index is 0.168. The number of hydrogen-bond donors (Lipinski definition) is 2. The fourth-order valence-corrected chi connectivity index (χ4v) is 2.59. The molecule has 2 rings (SSSR count). The van der Waals surface area contributed by atoms with E-state index in [-0.39, 0.29) is 11.9 Å². The molecule has 1 amide bonds. The summed E-state index contributed by atoms with van der Waals surface area (Å²) in [5.41, 5.74) is 1.13. The lowest BCUT2D eigenvalue weighted by Crippen LogP contribution is -2.27. The van der Waals surface area contributed by atoms with Crippen LogP contribution < -0.4 is 10.6 Å². The van der Waals surface area contributed by atoms with Crippen molar-refractivity contribution in [2.75, 3.05) is 6.54 Å². The Morgan fingerprint density at radius 2 is 2.10 bits per heavy atom. The van der Waals surface area contributed by atoms with Gasteiger partial charge in [0.05, 0.1) is 10.0 Å². The first-order chi connectivity index (χ1) is 10.1. The number of halogens is 2. The summed E-state index contributed by atoms with van der Waals surface area (Å²) in [6, 6.07) is 6.42. The number of hydrogen-bond acceptors (Lipinski definition) is 2. The topological polar surface area (TPSA) is 41.1 Å². The number of rotatable bonds is 8. The summed E-state index contributed by atoms with van der Waals surface area (Å²) in [7, 11) is 0. The van der Waals surface area contributed by atoms with E-state index in [9.17, 15) is 4.79 Å². The normalized spacial score (nSPS) is 15.8. The smallest absolute Gasteiger partial charge is 0.220 e. The van der Waals surface area contributed by atoms with Crippen molar-refractivity contribution in [2.24, 2.45) is 0 Å². The number of carbonyl (C=O) groups is 1. The summed E-state index contributed by atoms with van der Waals surface area (Å²) in [5.74, 6) is 0.168. The van der Waals surface area contributed by atoms with Gasteiger partial charge in [-0.25, -0.2) is 0 Å². The number of amides is 1. The van der Waals surface area contributed by atoms with Crippen LogP contribution in [0.25, 0.3) is 0 Å². The van der Waals surface area contributed by atoms with Crippen molar-refractivity contribution >= 4 is 29.1 Å². The third-order valence-corrected chi connectivity index (χ3v) is 4.41. The highest BCUT2D eigenvalue weighted by Crippen LogP contribution is 2.26. The molecule has 1 aliphatic carbocycles. The van der Waals surface area contributed by atoms with Crippen molar-refractivity contribution in [1.29, 1.82) is 0 Å². The van der Waals surface area contributed by atoms with Crippen LogP contribution in [0.3, 0.4) is 0 Å². The molecule has 0 aromatic heterocycles. The van der Waals surface area contributed by atoms with Crippen molar-refractivity contribution < 1.29 is 4.79 Å². The summed E-state index contributed by atoms with van der Waals surface area (Å²) in [4.78, 5) is 11.6. The van der Waals surface area contributed by atoms with E-state index in [0.29, 0.717) is 22.5 Å². The molecular weight excluding hydrogens is 307 g/mol. The van der Waals surface area contributed by atoms with Crippen LogP contribution in [0.1, 0.15) is 50.6 Å². The maximum atomic E-state index is 11.6. The Kier molecular flexibility index (Phi) is 6.34. The van der Waals surface area contributed by atoms with Gasteiger partial charge in [-0.3, -0.25) is 4.79 Å². The third kappa shape index (κ3) is 5.50. The fourth-order valence-electron chi connectivity index (χ4n) is 2.28. The van der Waals surface area contributed by atoms with Gasteiger partial charge in [0.1, 0.15) is 0 Å². The third-order valence-electron chi connectivity index (χ3n) is 3.67. The van der Waals surface area contributed by atoms with Crippen LogP contribution in [0.5, 0.6) is 0 Å². The molecule has 21 heavy (non-hydrogen) atoms. The molecule has 1 saturated carbocycles. The Bertz CT molecular complexity index is 489. The van der Waals surface area contributed by atoms with Gasteiger partial charge in [-0.05, 0) is 49.9 Å². The van der Waals surface area contributed by atoms with Crippen LogP contribution in [0.15, 0.2) is 18.2 Å². The molecule has 0 saturated heterocycles. The van der Waals surface area contributed by atoms with Crippen molar-refractivity contribution in [2.45, 2.75) is 51.1 Å². The molecule has 0 spiro atoms. The fraction of sp³-hybridized carbons (Fsp3) is 0.562. The summed E-state index contributed by atoms with van der Waals surface area (Å²) in [5, 5.41) is 7.64. The predicted molar refractivity (Wildman–Crippen MR) is 87.9 cm³/mol. The Morgan fingerprint density at radius 3 is 2.71 bits per heavy atom. The minimum Gasteiger partial charge on any atom is -0.353 e. The zero-order valence-electron chi connectivity index (χ0n) is 12.3. The molecule has 0 bridgehead atoms. The van der Waals surface area contributed by atoms with E-state index in [4.69, 9.17) is 23.2 Å². The molecule has 1 aromatic carbocycles. The molecule has 1 atom stereocenters. The molecule has 0 radical (unpaired) electrons. The van der Waals surface area contributed by atoms with E-state index in [2.05, 4.69) is 17.6 Å². The molecule has 3 nitrogen and oxygen atoms in total. The van der Waals surface area contributed by atoms with Crippen LogP contribution >= 0.6 is 23.2 Å². The van der Waals surface area contributed by atoms with Gasteiger partial charge in [-0.15, -0.1) is 0 Å². The van der Waals surface area contributed by atoms with E-state index in [1.54, 1.807) is 0 Å². The lowest BCUT2D eigenvalue weighted by molar-refractivity contribution is -0.121. The number of nitrogens with one attached hydrogen (secondary N) is 2. The minimum atomic E-state index is 0.168. The van der Waals surface area contributed by atoms with Crippen LogP contribution in [-0.2, 0) is 4.79 Å². The van der Waals surface area contributed by atoms with Crippen LogP contribution in [0.2, 0.25) is 10.0 Å². The molecule has 5 heteroatoms. The van der Waals surface area contributed by atoms with Gasteiger partial charge in [0.15, 0.2) is 0 Å². The molecule has 0 aliphatic heterocycles. The molecule has 1 aromatic rings. The first-order valence-corrected chi connectivity index (χ1v) is 8.33. The van der Waals surface area contributed by atoms with Gasteiger partial charge in [-0.1, -0.05) is 36.2 Å². The Hall–Kier alpha value is -0.770. The van der Waals surface area contributed by atoms with E-state index < -0.39 is 0 Å². The first kappa shape index (κ1) is 16.6. The average Bonchev–Trinajstić information content (AvgIpc) is 3.26. The Balaban J connectivity index is 1.73. The Labute approximate surface area is 136 Å². The van der Waals surface area contributed by atoms with E-state index >= 15 is 0 Å². The molecular formula is C16H22Cl2N2O. The van der Waals surface area contributed by atoms with Crippen LogP contribution in [0.4, 0.5) is 0 Å². The maximum absolute atomic E-state index is 11.6. The average molecular weight is 329 g/mol. The zero-order valence-corrected chi connectivity index (χ0v) is 13.8. The SMILES string of the molecule is CCC(NCCCC(=O)NC1CC1)c1ccc(Cl)c(Cl)c1. The predicted octanol–water partition coefficient (Wildman–Crippen LogP) is 4.09. The molecule has 1 unspecified atom stereocenters. The first-order valence-electron chi connectivity index (χ1n) is 7.58. The van der Waals surface area contributed by atoms with Gasteiger partial charge in [-0.2, -0.15) is 0 Å². The number of benzene rings is 1. The molecule has 0 heterocycles. The van der Waals surface area contributed by atoms with Crippen LogP contribution in [0, 0.1) is 0 Å². The van der Waals surface area contributed by atoms with E-state index in [1.165, 1.54) is 0 Å². The summed E-state index contributed by atoms with van der Waals surface area (Å²) >= 11 is 12.0. The van der Waals surface area contributed by atoms with Gasteiger partial charge in [0, 0.05) is 18.5 Å². The highest BCUT2D eigenvalue weighted by atomic mass is 35.5. The zero-order chi connectivity index (χ0) is 15.2. The van der Waals surface area contributed by atoms with Crippen molar-refractivity contribution in [1.82, 2.24) is 10.6 Å². The second kappa shape index (κ2) is 8.02. The lowest BCUT2D eigenvalue weighted by Gasteiger charge is -2.18. The largest absolute Gasteiger partial charge is 0.353 e. The van der Waals surface area contributed by atoms with Gasteiger partial charge >= 0.3 is 0 Å². The van der Waals surface area contributed by atoms with Crippen molar-refractivity contribution in [3.63, 3.8) is 0 Å². The number of carbonyl (C=O) groups excluding carboxylic acids is 1. The standard InChI is InChI=1S/C16H22Cl2N2O/c1-2-15(11-5-8-13(17)14(18)10-11)19-9-3-4-16(21)20-12-6-7-12/h5,8,10,12,15,19H,2-4,6-7,9H2,1H3,(H,20,21). The maximum Gasteiger partial charge on any atom is 0.220 e. The second-order valence-corrected chi connectivity index (χ2v) is 6.35. The second-order valence-electron chi connectivity index (χ2n) is 5.53. The Morgan fingerprint density at radius 1 is 1.33 bits per heavy atom. The lowest BCUT2D eigenvalue weighted by atomic mass is 10.0. The summed E-state index contributed by atoms with van der Waals surface area (Å²) in [6.07, 6.45) is 4.67. The monoisotopic (exact) mass is 328 g/mol. The van der Waals surface area contributed by atoms with Gasteiger partial charge < -0.3 is 10.6 Å². The molecule has 2 N–H and O–H groups in total. The highest BCUT2D eigenvalue weighted by molar-refractivity contribution is 6.42. The van der Waals surface area contributed by atoms with Crippen molar-refractivity contribution in [3.8, 4) is 0 Å². The van der Waals surface area contributed by atoms with Crippen LogP contribution in [-0.4, -0.2) is 18.5 Å².